The first kappa shape index (κ1) is 34.8. The Morgan fingerprint density at radius 1 is 0.796 bits per heavy atom. The molecule has 1 aliphatic heterocycles. The van der Waals surface area contributed by atoms with Crippen LogP contribution in [-0.2, 0) is 20.7 Å². The molecule has 258 valence electrons. The molecule has 2 heterocycles. The molecule has 4 aromatic rings. The van der Waals surface area contributed by atoms with E-state index in [1.807, 2.05) is 0 Å². The number of hydrogen-bond donors (Lipinski definition) is 1. The molecule has 0 saturated heterocycles. The van der Waals surface area contributed by atoms with Gasteiger partial charge in [0.15, 0.2) is 11.5 Å². The van der Waals surface area contributed by atoms with Gasteiger partial charge in [0.05, 0.1) is 10.9 Å². The molecule has 0 spiro atoms. The Kier molecular flexibility index (Phi) is 9.88. The predicted molar refractivity (Wildman–Crippen MR) is 179 cm³/mol. The number of benzene rings is 3. The van der Waals surface area contributed by atoms with Gasteiger partial charge in [0, 0.05) is 12.5 Å². The van der Waals surface area contributed by atoms with Crippen molar-refractivity contribution in [2.45, 2.75) is 72.1 Å². The highest BCUT2D eigenvalue weighted by Crippen LogP contribution is 2.35. The van der Waals surface area contributed by atoms with Crippen molar-refractivity contribution in [1.29, 1.82) is 0 Å². The van der Waals surface area contributed by atoms with Gasteiger partial charge in [-0.3, -0.25) is 4.79 Å². The number of hydrogen-bond acceptors (Lipinski definition) is 11. The minimum absolute atomic E-state index is 0.0193. The molecule has 0 radical (unpaired) electrons. The van der Waals surface area contributed by atoms with Gasteiger partial charge in [-0.05, 0) is 96.0 Å². The number of esters is 1. The van der Waals surface area contributed by atoms with Crippen LogP contribution in [0.4, 0.5) is 9.59 Å². The van der Waals surface area contributed by atoms with Crippen LogP contribution in [0.2, 0.25) is 0 Å². The van der Waals surface area contributed by atoms with Crippen LogP contribution in [0.15, 0.2) is 69.9 Å². The standard InChI is InChI=1S/C37H39NO11/c1-21-31(23-10-15-28-30(19-23)44-17-16-43-28)32(39)26-14-13-25(20-29(26)45-21)46-33(40)27(38-34(41)48-36(2,3)4)18-22-8-11-24(12-9-22)47-35(42)49-37(5,6)7/h8-15,19-20,27H,16-18H2,1-7H3,(H,38,41)/t27-/m1/s1. The summed E-state index contributed by atoms with van der Waals surface area (Å²) in [7, 11) is 0. The van der Waals surface area contributed by atoms with Gasteiger partial charge in [0.1, 0.15) is 53.3 Å². The number of carbonyl (C=O) groups is 3. The van der Waals surface area contributed by atoms with Crippen LogP contribution in [0.1, 0.15) is 52.9 Å². The van der Waals surface area contributed by atoms with Crippen molar-refractivity contribution in [2.24, 2.45) is 0 Å². The third kappa shape index (κ3) is 9.10. The average Bonchev–Trinajstić information content (AvgIpc) is 2.99. The molecule has 5 rings (SSSR count). The lowest BCUT2D eigenvalue weighted by atomic mass is 10.0. The van der Waals surface area contributed by atoms with Crippen LogP contribution in [0.25, 0.3) is 22.1 Å². The summed E-state index contributed by atoms with van der Waals surface area (Å²) in [6, 6.07) is 14.9. The summed E-state index contributed by atoms with van der Waals surface area (Å²) in [4.78, 5) is 51.8. The smallest absolute Gasteiger partial charge is 0.486 e. The normalized spacial score (nSPS) is 13.3. The number of amides is 1. The molecule has 0 aliphatic carbocycles. The lowest BCUT2D eigenvalue weighted by molar-refractivity contribution is -0.136. The van der Waals surface area contributed by atoms with Gasteiger partial charge in [0.2, 0.25) is 5.43 Å². The maximum atomic E-state index is 13.6. The summed E-state index contributed by atoms with van der Waals surface area (Å²) in [5.41, 5.74) is 0.0338. The van der Waals surface area contributed by atoms with Gasteiger partial charge in [-0.25, -0.2) is 14.4 Å². The summed E-state index contributed by atoms with van der Waals surface area (Å²) in [6.45, 7) is 12.8. The van der Waals surface area contributed by atoms with E-state index in [2.05, 4.69) is 5.32 Å². The molecule has 12 nitrogen and oxygen atoms in total. The Labute approximate surface area is 283 Å². The first-order chi connectivity index (χ1) is 23.0. The number of ether oxygens (including phenoxy) is 6. The van der Waals surface area contributed by atoms with Crippen molar-refractivity contribution in [3.63, 3.8) is 0 Å². The highest BCUT2D eigenvalue weighted by Gasteiger charge is 2.27. The van der Waals surface area contributed by atoms with Gasteiger partial charge >= 0.3 is 18.2 Å². The van der Waals surface area contributed by atoms with E-state index in [1.54, 1.807) is 90.9 Å². The van der Waals surface area contributed by atoms with Gasteiger partial charge < -0.3 is 38.2 Å². The molecule has 12 heteroatoms. The molecular weight excluding hydrogens is 634 g/mol. The van der Waals surface area contributed by atoms with Crippen LogP contribution < -0.4 is 29.7 Å². The molecule has 1 aliphatic rings. The Morgan fingerprint density at radius 3 is 2.12 bits per heavy atom. The second kappa shape index (κ2) is 13.9. The van der Waals surface area contributed by atoms with Crippen LogP contribution >= 0.6 is 0 Å². The molecule has 1 N–H and O–H groups in total. The van der Waals surface area contributed by atoms with E-state index in [0.717, 1.165) is 0 Å². The molecule has 49 heavy (non-hydrogen) atoms. The minimum Gasteiger partial charge on any atom is -0.486 e. The summed E-state index contributed by atoms with van der Waals surface area (Å²) in [5, 5.41) is 2.87. The average molecular weight is 674 g/mol. The first-order valence-electron chi connectivity index (χ1n) is 15.7. The first-order valence-corrected chi connectivity index (χ1v) is 15.7. The molecular formula is C37H39NO11. The summed E-state index contributed by atoms with van der Waals surface area (Å²) in [6.07, 6.45) is -1.65. The SMILES string of the molecule is Cc1oc2cc(OC(=O)[C@@H](Cc3ccc(OC(=O)OC(C)(C)C)cc3)NC(=O)OC(C)(C)C)ccc2c(=O)c1-c1ccc2c(c1)OCCO2. The third-order valence-corrected chi connectivity index (χ3v) is 7.02. The van der Waals surface area contributed by atoms with Crippen LogP contribution in [0, 0.1) is 6.92 Å². The topological polar surface area (TPSA) is 149 Å². The Hall–Kier alpha value is -5.52. The van der Waals surface area contributed by atoms with Crippen molar-refractivity contribution in [1.82, 2.24) is 5.32 Å². The number of aryl methyl sites for hydroxylation is 1. The maximum Gasteiger partial charge on any atom is 0.514 e. The van der Waals surface area contributed by atoms with E-state index in [-0.39, 0.29) is 34.3 Å². The van der Waals surface area contributed by atoms with Gasteiger partial charge in [-0.2, -0.15) is 0 Å². The Balaban J connectivity index is 1.35. The van der Waals surface area contributed by atoms with E-state index >= 15 is 0 Å². The van der Waals surface area contributed by atoms with Gasteiger partial charge in [-0.1, -0.05) is 18.2 Å². The van der Waals surface area contributed by atoms with Crippen LogP contribution in [-0.4, -0.2) is 48.7 Å². The quantitative estimate of drug-likeness (QED) is 0.124. The van der Waals surface area contributed by atoms with Crippen molar-refractivity contribution in [3.8, 4) is 34.1 Å². The lowest BCUT2D eigenvalue weighted by Crippen LogP contribution is -2.46. The predicted octanol–water partition coefficient (Wildman–Crippen LogP) is 6.89. The fourth-order valence-electron chi connectivity index (χ4n) is 5.01. The summed E-state index contributed by atoms with van der Waals surface area (Å²) in [5.74, 6) is 1.07. The fourth-order valence-corrected chi connectivity index (χ4v) is 5.01. The molecule has 3 aromatic carbocycles. The second-order valence-corrected chi connectivity index (χ2v) is 13.4. The largest absolute Gasteiger partial charge is 0.514 e. The van der Waals surface area contributed by atoms with E-state index in [0.29, 0.717) is 47.2 Å². The van der Waals surface area contributed by atoms with E-state index < -0.39 is 35.5 Å². The Bertz CT molecular complexity index is 1930. The molecule has 0 saturated carbocycles. The highest BCUT2D eigenvalue weighted by atomic mass is 16.7. The number of nitrogens with one attached hydrogen (secondary N) is 1. The zero-order valence-corrected chi connectivity index (χ0v) is 28.5. The van der Waals surface area contributed by atoms with E-state index in [4.69, 9.17) is 32.8 Å². The molecule has 0 bridgehead atoms. The molecule has 1 aromatic heterocycles. The number of carbonyl (C=O) groups excluding carboxylic acids is 3. The summed E-state index contributed by atoms with van der Waals surface area (Å²) < 4.78 is 38.8. The monoisotopic (exact) mass is 673 g/mol. The second-order valence-electron chi connectivity index (χ2n) is 13.4. The fraction of sp³-hybridized carbons (Fsp3) is 0.351. The van der Waals surface area contributed by atoms with Gasteiger partial charge in [-0.15, -0.1) is 0 Å². The minimum atomic E-state index is -1.17. The van der Waals surface area contributed by atoms with E-state index in [1.165, 1.54) is 18.2 Å². The lowest BCUT2D eigenvalue weighted by Gasteiger charge is -2.23. The Morgan fingerprint density at radius 2 is 1.45 bits per heavy atom. The molecule has 1 amide bonds. The van der Waals surface area contributed by atoms with Crippen molar-refractivity contribution >= 4 is 29.2 Å². The highest BCUT2D eigenvalue weighted by molar-refractivity contribution is 5.87. The summed E-state index contributed by atoms with van der Waals surface area (Å²) >= 11 is 0. The zero-order chi connectivity index (χ0) is 35.5. The third-order valence-electron chi connectivity index (χ3n) is 7.02. The van der Waals surface area contributed by atoms with Crippen molar-refractivity contribution < 1.29 is 47.2 Å². The van der Waals surface area contributed by atoms with E-state index in [9.17, 15) is 19.2 Å². The molecule has 0 unspecified atom stereocenters. The van der Waals surface area contributed by atoms with Crippen LogP contribution in [0.5, 0.6) is 23.0 Å². The number of fused-ring (bicyclic) bond motifs is 2. The van der Waals surface area contributed by atoms with Crippen LogP contribution in [0.3, 0.4) is 0 Å². The molecule has 1 atom stereocenters. The maximum absolute atomic E-state index is 13.6. The van der Waals surface area contributed by atoms with Crippen molar-refractivity contribution in [2.75, 3.05) is 13.2 Å². The van der Waals surface area contributed by atoms with Crippen molar-refractivity contribution in [3.05, 3.63) is 82.2 Å². The number of alkyl carbamates (subject to hydrolysis) is 1. The van der Waals surface area contributed by atoms with Gasteiger partial charge in [0.25, 0.3) is 0 Å². The molecule has 0 fully saturated rings. The number of rotatable bonds is 7. The zero-order valence-electron chi connectivity index (χ0n) is 28.5.